The molecule has 0 radical (unpaired) electrons. The molecule has 2 N–H and O–H groups in total. The van der Waals surface area contributed by atoms with Gasteiger partial charge in [-0.05, 0) is 12.8 Å². The van der Waals surface area contributed by atoms with E-state index in [-0.39, 0.29) is 12.0 Å². The van der Waals surface area contributed by atoms with Crippen LogP contribution in [0.25, 0.3) is 11.5 Å². The quantitative estimate of drug-likeness (QED) is 0.906. The molecular weight excluding hydrogens is 258 g/mol. The summed E-state index contributed by atoms with van der Waals surface area (Å²) in [4.78, 5) is 12.5. The Kier molecular flexibility index (Phi) is 3.60. The lowest BCUT2D eigenvalue weighted by Gasteiger charge is -2.25. The van der Waals surface area contributed by atoms with Crippen LogP contribution in [0.4, 0.5) is 0 Å². The predicted molar refractivity (Wildman–Crippen MR) is 71.1 cm³/mol. The van der Waals surface area contributed by atoms with Crippen molar-refractivity contribution in [2.24, 2.45) is 5.73 Å². The zero-order chi connectivity index (χ0) is 13.9. The van der Waals surface area contributed by atoms with E-state index >= 15 is 0 Å². The Balaban J connectivity index is 1.85. The van der Waals surface area contributed by atoms with Crippen LogP contribution in [0.2, 0.25) is 0 Å². The van der Waals surface area contributed by atoms with Crippen molar-refractivity contribution < 1.29 is 9.26 Å². The van der Waals surface area contributed by atoms with Crippen molar-refractivity contribution in [2.45, 2.75) is 37.6 Å². The van der Waals surface area contributed by atoms with Gasteiger partial charge in [-0.25, -0.2) is 9.97 Å². The molecule has 1 saturated carbocycles. The Morgan fingerprint density at radius 3 is 2.95 bits per heavy atom. The van der Waals surface area contributed by atoms with Crippen LogP contribution < -0.4 is 10.5 Å². The fourth-order valence-electron chi connectivity index (χ4n) is 2.53. The van der Waals surface area contributed by atoms with Crippen molar-refractivity contribution in [1.82, 2.24) is 20.1 Å². The van der Waals surface area contributed by atoms with Gasteiger partial charge in [0.25, 0.3) is 0 Å². The molecule has 0 bridgehead atoms. The number of hydrogen-bond acceptors (Lipinski definition) is 7. The Morgan fingerprint density at radius 1 is 1.30 bits per heavy atom. The SMILES string of the molecule is COc1cc(-c2noc(C3CCCCC3N)n2)ncn1. The van der Waals surface area contributed by atoms with E-state index in [4.69, 9.17) is 15.0 Å². The molecule has 0 saturated heterocycles. The molecule has 0 aromatic carbocycles. The number of nitrogens with two attached hydrogens (primary N) is 1. The highest BCUT2D eigenvalue weighted by Crippen LogP contribution is 2.31. The van der Waals surface area contributed by atoms with Crippen LogP contribution in [0.1, 0.15) is 37.5 Å². The van der Waals surface area contributed by atoms with Crippen molar-refractivity contribution >= 4 is 0 Å². The van der Waals surface area contributed by atoms with E-state index < -0.39 is 0 Å². The van der Waals surface area contributed by atoms with E-state index in [0.717, 1.165) is 19.3 Å². The first-order chi connectivity index (χ1) is 9.78. The molecule has 1 aliphatic carbocycles. The lowest BCUT2D eigenvalue weighted by Crippen LogP contribution is -2.31. The molecule has 0 aliphatic heterocycles. The van der Waals surface area contributed by atoms with Gasteiger partial charge in [0, 0.05) is 12.1 Å². The van der Waals surface area contributed by atoms with Crippen LogP contribution in [-0.2, 0) is 0 Å². The summed E-state index contributed by atoms with van der Waals surface area (Å²) in [6.07, 6.45) is 5.73. The fourth-order valence-corrected chi connectivity index (χ4v) is 2.53. The molecule has 2 heterocycles. The Morgan fingerprint density at radius 2 is 2.15 bits per heavy atom. The van der Waals surface area contributed by atoms with Gasteiger partial charge >= 0.3 is 0 Å². The largest absolute Gasteiger partial charge is 0.481 e. The average molecular weight is 275 g/mol. The standard InChI is InChI=1S/C13H17N5O2/c1-19-11-6-10(15-7-16-11)12-17-13(20-18-12)8-4-2-3-5-9(8)14/h6-9H,2-5,14H2,1H3. The van der Waals surface area contributed by atoms with Crippen molar-refractivity contribution in [1.29, 1.82) is 0 Å². The molecule has 106 valence electrons. The van der Waals surface area contributed by atoms with Crippen molar-refractivity contribution in [2.75, 3.05) is 7.11 Å². The van der Waals surface area contributed by atoms with Gasteiger partial charge in [-0.2, -0.15) is 4.98 Å². The molecule has 0 amide bonds. The Hall–Kier alpha value is -2.02. The second-order valence-electron chi connectivity index (χ2n) is 4.96. The molecule has 1 fully saturated rings. The summed E-state index contributed by atoms with van der Waals surface area (Å²) in [5.74, 6) is 1.66. The highest BCUT2D eigenvalue weighted by Gasteiger charge is 2.28. The summed E-state index contributed by atoms with van der Waals surface area (Å²) in [5, 5.41) is 3.98. The highest BCUT2D eigenvalue weighted by molar-refractivity contribution is 5.49. The molecule has 7 nitrogen and oxygen atoms in total. The maximum absolute atomic E-state index is 6.13. The zero-order valence-corrected chi connectivity index (χ0v) is 11.3. The third kappa shape index (κ3) is 2.49. The fraction of sp³-hybridized carbons (Fsp3) is 0.538. The van der Waals surface area contributed by atoms with Gasteiger partial charge in [0.1, 0.15) is 12.0 Å². The third-order valence-electron chi connectivity index (χ3n) is 3.66. The predicted octanol–water partition coefficient (Wildman–Crippen LogP) is 1.52. The van der Waals surface area contributed by atoms with Crippen LogP contribution in [0.3, 0.4) is 0 Å². The number of methoxy groups -OCH3 is 1. The summed E-state index contributed by atoms with van der Waals surface area (Å²) in [6.45, 7) is 0. The van der Waals surface area contributed by atoms with Crippen LogP contribution in [0.15, 0.2) is 16.9 Å². The van der Waals surface area contributed by atoms with Gasteiger partial charge in [-0.3, -0.25) is 0 Å². The topological polar surface area (TPSA) is 100.0 Å². The second-order valence-corrected chi connectivity index (χ2v) is 4.96. The molecule has 0 spiro atoms. The molecule has 2 atom stereocenters. The lowest BCUT2D eigenvalue weighted by atomic mass is 9.85. The number of nitrogens with zero attached hydrogens (tertiary/aromatic N) is 4. The maximum atomic E-state index is 6.13. The molecule has 20 heavy (non-hydrogen) atoms. The first kappa shape index (κ1) is 13.0. The summed E-state index contributed by atoms with van der Waals surface area (Å²) >= 11 is 0. The summed E-state index contributed by atoms with van der Waals surface area (Å²) in [5.41, 5.74) is 6.71. The summed E-state index contributed by atoms with van der Waals surface area (Å²) in [7, 11) is 1.55. The van der Waals surface area contributed by atoms with E-state index in [1.54, 1.807) is 13.2 Å². The maximum Gasteiger partial charge on any atom is 0.231 e. The van der Waals surface area contributed by atoms with Crippen LogP contribution in [0, 0.1) is 0 Å². The van der Waals surface area contributed by atoms with Crippen LogP contribution >= 0.6 is 0 Å². The normalized spacial score (nSPS) is 22.7. The van der Waals surface area contributed by atoms with E-state index in [0.29, 0.717) is 23.3 Å². The molecule has 3 rings (SSSR count). The smallest absolute Gasteiger partial charge is 0.231 e. The van der Waals surface area contributed by atoms with Crippen molar-refractivity contribution in [3.8, 4) is 17.4 Å². The average Bonchev–Trinajstić information content (AvgIpc) is 2.97. The van der Waals surface area contributed by atoms with Crippen molar-refractivity contribution in [3.63, 3.8) is 0 Å². The lowest BCUT2D eigenvalue weighted by molar-refractivity contribution is 0.290. The number of rotatable bonds is 3. The van der Waals surface area contributed by atoms with E-state index in [1.807, 2.05) is 0 Å². The van der Waals surface area contributed by atoms with Crippen LogP contribution in [-0.4, -0.2) is 33.3 Å². The highest BCUT2D eigenvalue weighted by atomic mass is 16.5. The first-order valence-corrected chi connectivity index (χ1v) is 6.73. The third-order valence-corrected chi connectivity index (χ3v) is 3.66. The van der Waals surface area contributed by atoms with Gasteiger partial charge in [0.05, 0.1) is 13.0 Å². The van der Waals surface area contributed by atoms with E-state index in [9.17, 15) is 0 Å². The van der Waals surface area contributed by atoms with Crippen molar-refractivity contribution in [3.05, 3.63) is 18.3 Å². The minimum atomic E-state index is 0.0944. The number of hydrogen-bond donors (Lipinski definition) is 1. The van der Waals surface area contributed by atoms with E-state index in [1.165, 1.54) is 12.7 Å². The van der Waals surface area contributed by atoms with Gasteiger partial charge in [-0.15, -0.1) is 0 Å². The van der Waals surface area contributed by atoms with E-state index in [2.05, 4.69) is 20.1 Å². The summed E-state index contributed by atoms with van der Waals surface area (Å²) in [6, 6.07) is 1.77. The second kappa shape index (κ2) is 5.54. The monoisotopic (exact) mass is 275 g/mol. The molecule has 7 heteroatoms. The van der Waals surface area contributed by atoms with Gasteiger partial charge in [0.2, 0.25) is 17.6 Å². The molecular formula is C13H17N5O2. The molecule has 2 unspecified atom stereocenters. The Bertz CT molecular complexity index is 586. The Labute approximate surface area is 116 Å². The summed E-state index contributed by atoms with van der Waals surface area (Å²) < 4.78 is 10.4. The minimum absolute atomic E-state index is 0.0944. The first-order valence-electron chi connectivity index (χ1n) is 6.73. The van der Waals surface area contributed by atoms with Gasteiger partial charge in [-0.1, -0.05) is 18.0 Å². The number of ether oxygens (including phenoxy) is 1. The van der Waals surface area contributed by atoms with Crippen LogP contribution in [0.5, 0.6) is 5.88 Å². The van der Waals surface area contributed by atoms with Gasteiger partial charge < -0.3 is 15.0 Å². The molecule has 1 aliphatic rings. The minimum Gasteiger partial charge on any atom is -0.481 e. The van der Waals surface area contributed by atoms with Gasteiger partial charge in [0.15, 0.2) is 0 Å². The molecule has 2 aromatic rings. The molecule has 2 aromatic heterocycles. The zero-order valence-electron chi connectivity index (χ0n) is 11.3. The number of aromatic nitrogens is 4.